The highest BCUT2D eigenvalue weighted by atomic mass is 16.6. The molecule has 0 amide bonds. The van der Waals surface area contributed by atoms with Gasteiger partial charge in [-0.1, -0.05) is 66.2 Å². The third-order valence-corrected chi connectivity index (χ3v) is 4.40. The molecule has 1 saturated heterocycles. The molecule has 1 fully saturated rings. The Morgan fingerprint density at radius 3 is 1.84 bits per heavy atom. The topological polar surface area (TPSA) is 53.0 Å². The number of ether oxygens (including phenoxy) is 1. The quantitative estimate of drug-likeness (QED) is 0.403. The fraction of sp³-hybridized carbons (Fsp3) is 1.00. The molecule has 0 aromatic heterocycles. The van der Waals surface area contributed by atoms with Crippen LogP contribution in [-0.2, 0) is 4.74 Å². The zero-order valence-corrected chi connectivity index (χ0v) is 13.5. The number of unbranched alkanes of at least 4 members (excludes halogenated alkanes) is 4. The lowest BCUT2D eigenvalue weighted by atomic mass is 9.71. The number of hydrogen-bond acceptors (Lipinski definition) is 3. The van der Waals surface area contributed by atoms with Crippen molar-refractivity contribution in [1.29, 1.82) is 0 Å². The minimum Gasteiger partial charge on any atom is -0.377 e. The summed E-state index contributed by atoms with van der Waals surface area (Å²) < 4.78 is 4.50. The fourth-order valence-electron chi connectivity index (χ4n) is 1.88. The van der Waals surface area contributed by atoms with Crippen LogP contribution in [0.3, 0.4) is 0 Å². The third kappa shape index (κ3) is 8.61. The summed E-state index contributed by atoms with van der Waals surface area (Å²) in [5, 5.41) is 19.4. The Labute approximate surface area is 119 Å². The first-order valence-electron chi connectivity index (χ1n) is 7.76. The third-order valence-electron chi connectivity index (χ3n) is 4.40. The average Bonchev–Trinajstić information content (AvgIpc) is 3.14. The molecule has 0 radical (unpaired) electrons. The van der Waals surface area contributed by atoms with Crippen LogP contribution in [0.5, 0.6) is 0 Å². The molecule has 0 aromatic carbocycles. The van der Waals surface area contributed by atoms with Crippen LogP contribution in [0, 0.1) is 11.3 Å². The van der Waals surface area contributed by atoms with Gasteiger partial charge in [-0.2, -0.15) is 0 Å². The first kappa shape index (κ1) is 18.9. The minimum absolute atomic E-state index is 0.328. The van der Waals surface area contributed by atoms with Crippen LogP contribution in [-0.4, -0.2) is 29.2 Å². The van der Waals surface area contributed by atoms with Gasteiger partial charge in [0.15, 0.2) is 5.79 Å². The largest absolute Gasteiger partial charge is 0.377 e. The summed E-state index contributed by atoms with van der Waals surface area (Å²) in [4.78, 5) is 0. The maximum absolute atomic E-state index is 9.71. The second kappa shape index (κ2) is 8.93. The van der Waals surface area contributed by atoms with Crippen LogP contribution in [0.4, 0.5) is 0 Å². The summed E-state index contributed by atoms with van der Waals surface area (Å²) in [6, 6.07) is 0. The van der Waals surface area contributed by atoms with Gasteiger partial charge in [-0.25, -0.2) is 0 Å². The predicted molar refractivity (Wildman–Crippen MR) is 80.0 cm³/mol. The molecular weight excluding hydrogens is 240 g/mol. The highest BCUT2D eigenvalue weighted by Gasteiger charge is 2.41. The van der Waals surface area contributed by atoms with Gasteiger partial charge in [0.05, 0.1) is 13.2 Å². The smallest absolute Gasteiger partial charge is 0.165 e. The van der Waals surface area contributed by atoms with E-state index in [2.05, 4.69) is 18.6 Å². The van der Waals surface area contributed by atoms with Gasteiger partial charge in [-0.15, -0.1) is 0 Å². The van der Waals surface area contributed by atoms with Gasteiger partial charge in [0.2, 0.25) is 0 Å². The standard InChI is InChI=1S/C14H30O2.C2H4O/c1-6-7-8-9-10-11-12(2)13(3,4)14(5,15)16;1-2-3-1/h12,15-16H,6-11H2,1-5H3;1-2H2. The molecule has 0 saturated carbocycles. The maximum Gasteiger partial charge on any atom is 0.165 e. The van der Waals surface area contributed by atoms with E-state index in [4.69, 9.17) is 0 Å². The molecule has 0 aromatic rings. The average molecular weight is 274 g/mol. The molecule has 3 heteroatoms. The van der Waals surface area contributed by atoms with Crippen molar-refractivity contribution in [1.82, 2.24) is 0 Å². The van der Waals surface area contributed by atoms with Crippen LogP contribution in [0.15, 0.2) is 0 Å². The lowest BCUT2D eigenvalue weighted by Crippen LogP contribution is -2.45. The second-order valence-electron chi connectivity index (χ2n) is 6.46. The molecule has 1 atom stereocenters. The molecule has 0 bridgehead atoms. The monoisotopic (exact) mass is 274 g/mol. The predicted octanol–water partition coefficient (Wildman–Crippen LogP) is 3.73. The SMILES string of the molecule is C1CO1.CCCCCCCC(C)C(C)(C)C(C)(O)O. The maximum atomic E-state index is 9.71. The Morgan fingerprint density at radius 2 is 1.47 bits per heavy atom. The van der Waals surface area contributed by atoms with Crippen molar-refractivity contribution < 1.29 is 14.9 Å². The molecule has 1 aliphatic heterocycles. The lowest BCUT2D eigenvalue weighted by molar-refractivity contribution is -0.234. The summed E-state index contributed by atoms with van der Waals surface area (Å²) in [6.45, 7) is 11.7. The number of hydrogen-bond donors (Lipinski definition) is 2. The van der Waals surface area contributed by atoms with E-state index in [0.29, 0.717) is 5.92 Å². The molecular formula is C16H34O3. The summed E-state index contributed by atoms with van der Waals surface area (Å²) in [6.07, 6.45) is 7.43. The Kier molecular flexibility index (Phi) is 8.88. The van der Waals surface area contributed by atoms with Crippen molar-refractivity contribution in [2.45, 2.75) is 78.9 Å². The van der Waals surface area contributed by atoms with E-state index in [1.807, 2.05) is 13.8 Å². The first-order chi connectivity index (χ1) is 8.73. The summed E-state index contributed by atoms with van der Waals surface area (Å²) in [5.41, 5.74) is -0.447. The van der Waals surface area contributed by atoms with E-state index in [9.17, 15) is 10.2 Å². The van der Waals surface area contributed by atoms with Crippen LogP contribution < -0.4 is 0 Å². The van der Waals surface area contributed by atoms with E-state index in [1.54, 1.807) is 0 Å². The summed E-state index contributed by atoms with van der Waals surface area (Å²) >= 11 is 0. The highest BCUT2D eigenvalue weighted by Crippen LogP contribution is 2.39. The normalized spacial score (nSPS) is 16.6. The number of rotatable bonds is 8. The van der Waals surface area contributed by atoms with Gasteiger partial charge < -0.3 is 14.9 Å². The zero-order valence-electron chi connectivity index (χ0n) is 13.5. The van der Waals surface area contributed by atoms with Crippen molar-refractivity contribution in [2.24, 2.45) is 11.3 Å². The van der Waals surface area contributed by atoms with Crippen molar-refractivity contribution in [2.75, 3.05) is 13.2 Å². The van der Waals surface area contributed by atoms with Gasteiger partial charge in [-0.3, -0.25) is 0 Å². The molecule has 1 rings (SSSR count). The Morgan fingerprint density at radius 1 is 1.00 bits per heavy atom. The van der Waals surface area contributed by atoms with Gasteiger partial charge >= 0.3 is 0 Å². The second-order valence-corrected chi connectivity index (χ2v) is 6.46. The number of epoxide rings is 1. The Bertz CT molecular complexity index is 214. The molecule has 3 nitrogen and oxygen atoms in total. The van der Waals surface area contributed by atoms with Crippen molar-refractivity contribution in [3.8, 4) is 0 Å². The number of aliphatic hydroxyl groups is 2. The van der Waals surface area contributed by atoms with Crippen LogP contribution >= 0.6 is 0 Å². The van der Waals surface area contributed by atoms with E-state index in [0.717, 1.165) is 19.6 Å². The molecule has 1 aliphatic rings. The van der Waals surface area contributed by atoms with Gasteiger partial charge in [0, 0.05) is 5.41 Å². The van der Waals surface area contributed by atoms with Crippen molar-refractivity contribution >= 4 is 0 Å². The zero-order chi connectivity index (χ0) is 14.9. The van der Waals surface area contributed by atoms with E-state index in [1.165, 1.54) is 39.0 Å². The summed E-state index contributed by atoms with van der Waals surface area (Å²) in [5.74, 6) is -1.26. The van der Waals surface area contributed by atoms with E-state index < -0.39 is 11.2 Å². The Hall–Kier alpha value is -0.120. The molecule has 1 heterocycles. The van der Waals surface area contributed by atoms with Crippen LogP contribution in [0.2, 0.25) is 0 Å². The molecule has 19 heavy (non-hydrogen) atoms. The van der Waals surface area contributed by atoms with Crippen LogP contribution in [0.1, 0.15) is 73.1 Å². The van der Waals surface area contributed by atoms with Gasteiger partial charge in [0.1, 0.15) is 0 Å². The molecule has 116 valence electrons. The lowest BCUT2D eigenvalue weighted by Gasteiger charge is -2.40. The van der Waals surface area contributed by atoms with Crippen molar-refractivity contribution in [3.05, 3.63) is 0 Å². The van der Waals surface area contributed by atoms with Crippen molar-refractivity contribution in [3.63, 3.8) is 0 Å². The van der Waals surface area contributed by atoms with Gasteiger partial charge in [-0.05, 0) is 12.8 Å². The fourth-order valence-corrected chi connectivity index (χ4v) is 1.88. The Balaban J connectivity index is 0.000000934. The van der Waals surface area contributed by atoms with E-state index >= 15 is 0 Å². The van der Waals surface area contributed by atoms with E-state index in [-0.39, 0.29) is 0 Å². The molecule has 2 N–H and O–H groups in total. The molecule has 0 spiro atoms. The molecule has 0 aliphatic carbocycles. The minimum atomic E-state index is -1.59. The van der Waals surface area contributed by atoms with Gasteiger partial charge in [0.25, 0.3) is 0 Å². The summed E-state index contributed by atoms with van der Waals surface area (Å²) in [7, 11) is 0. The first-order valence-corrected chi connectivity index (χ1v) is 7.76. The molecule has 1 unspecified atom stereocenters. The van der Waals surface area contributed by atoms with Crippen LogP contribution in [0.25, 0.3) is 0 Å². The highest BCUT2D eigenvalue weighted by molar-refractivity contribution is 4.85.